The number of carbonyl (C=O) groups is 3. The summed E-state index contributed by atoms with van der Waals surface area (Å²) in [4.78, 5) is 43.5. The summed E-state index contributed by atoms with van der Waals surface area (Å²) in [5, 5.41) is 9.56. The van der Waals surface area contributed by atoms with E-state index in [1.807, 2.05) is 24.4 Å². The SMILES string of the molecule is C=C1CCC(N2C(=O)c3cccc4c(Cc5cnn(C6CCN(C(=O)C7(C)CCC7)C(C)(C)C6)c5)ccc2c34)C(=O)N1. The summed E-state index contributed by atoms with van der Waals surface area (Å²) in [5.74, 6) is 0.0247. The minimum atomic E-state index is -0.537. The van der Waals surface area contributed by atoms with Gasteiger partial charge in [-0.15, -0.1) is 0 Å². The molecule has 0 radical (unpaired) electrons. The average Bonchev–Trinajstić information content (AvgIpc) is 3.51. The molecule has 0 spiro atoms. The molecule has 3 aromatic rings. The van der Waals surface area contributed by atoms with Crippen LogP contribution in [-0.2, 0) is 16.0 Å². The van der Waals surface area contributed by atoms with Crippen molar-refractivity contribution in [1.29, 1.82) is 0 Å². The Morgan fingerprint density at radius 2 is 1.93 bits per heavy atom. The van der Waals surface area contributed by atoms with Crippen LogP contribution in [0, 0.1) is 5.41 Å². The van der Waals surface area contributed by atoms with Crippen LogP contribution in [0.25, 0.3) is 10.8 Å². The van der Waals surface area contributed by atoms with Crippen molar-refractivity contribution in [3.8, 4) is 0 Å². The fourth-order valence-corrected chi connectivity index (χ4v) is 7.65. The summed E-state index contributed by atoms with van der Waals surface area (Å²) in [6.07, 6.45) is 10.9. The molecule has 2 aromatic carbocycles. The summed E-state index contributed by atoms with van der Waals surface area (Å²) in [6.45, 7) is 11.1. The van der Waals surface area contributed by atoms with Gasteiger partial charge < -0.3 is 10.2 Å². The number of hydrogen-bond acceptors (Lipinski definition) is 4. The van der Waals surface area contributed by atoms with Crippen molar-refractivity contribution < 1.29 is 14.4 Å². The van der Waals surface area contributed by atoms with E-state index in [9.17, 15) is 14.4 Å². The van der Waals surface area contributed by atoms with E-state index in [-0.39, 0.29) is 28.8 Å². The third-order valence-electron chi connectivity index (χ3n) is 10.2. The van der Waals surface area contributed by atoms with Crippen LogP contribution >= 0.6 is 0 Å². The predicted molar refractivity (Wildman–Crippen MR) is 162 cm³/mol. The van der Waals surface area contributed by atoms with Crippen molar-refractivity contribution in [2.24, 2.45) is 5.41 Å². The summed E-state index contributed by atoms with van der Waals surface area (Å²) in [5.41, 5.74) is 3.99. The zero-order valence-electron chi connectivity index (χ0n) is 24.8. The number of amides is 3. The number of allylic oxidation sites excluding steroid dienone is 1. The number of likely N-dealkylation sites (tertiary alicyclic amines) is 1. The van der Waals surface area contributed by atoms with Crippen LogP contribution in [0.1, 0.15) is 93.2 Å². The molecule has 3 amide bonds. The predicted octanol–water partition coefficient (Wildman–Crippen LogP) is 5.51. The molecule has 42 heavy (non-hydrogen) atoms. The Morgan fingerprint density at radius 3 is 2.64 bits per heavy atom. The van der Waals surface area contributed by atoms with Gasteiger partial charge in [-0.3, -0.25) is 24.0 Å². The van der Waals surface area contributed by atoms with Crippen molar-refractivity contribution in [3.05, 3.63) is 71.7 Å². The minimum Gasteiger partial charge on any atom is -0.337 e. The highest BCUT2D eigenvalue weighted by Crippen LogP contribution is 2.46. The molecule has 4 aliphatic rings. The first-order chi connectivity index (χ1) is 20.1. The molecular weight excluding hydrogens is 526 g/mol. The Balaban J connectivity index is 1.11. The fraction of sp³-hybridized carbons (Fsp3) is 0.471. The summed E-state index contributed by atoms with van der Waals surface area (Å²) in [6, 6.07) is 9.64. The highest BCUT2D eigenvalue weighted by molar-refractivity contribution is 6.27. The number of carbonyl (C=O) groups excluding carboxylic acids is 3. The second-order valence-corrected chi connectivity index (χ2v) is 13.6. The number of aromatic nitrogens is 2. The van der Waals surface area contributed by atoms with Crippen molar-refractivity contribution in [3.63, 3.8) is 0 Å². The van der Waals surface area contributed by atoms with Crippen LogP contribution in [0.15, 0.2) is 55.0 Å². The van der Waals surface area contributed by atoms with Gasteiger partial charge in [0.05, 0.1) is 17.9 Å². The Morgan fingerprint density at radius 1 is 1.12 bits per heavy atom. The van der Waals surface area contributed by atoms with Crippen molar-refractivity contribution in [1.82, 2.24) is 20.0 Å². The van der Waals surface area contributed by atoms with Gasteiger partial charge in [0.2, 0.25) is 11.8 Å². The highest BCUT2D eigenvalue weighted by atomic mass is 16.2. The molecule has 2 atom stereocenters. The number of anilines is 1. The average molecular weight is 566 g/mol. The quantitative estimate of drug-likeness (QED) is 0.442. The van der Waals surface area contributed by atoms with E-state index >= 15 is 0 Å². The molecule has 1 saturated carbocycles. The van der Waals surface area contributed by atoms with Gasteiger partial charge in [-0.05, 0) is 81.0 Å². The van der Waals surface area contributed by atoms with Crippen molar-refractivity contribution in [2.45, 2.75) is 89.8 Å². The third-order valence-corrected chi connectivity index (χ3v) is 10.2. The van der Waals surface area contributed by atoms with Crippen LogP contribution in [-0.4, -0.2) is 50.5 Å². The van der Waals surface area contributed by atoms with Gasteiger partial charge in [0, 0.05) is 46.8 Å². The molecule has 3 aliphatic heterocycles. The summed E-state index contributed by atoms with van der Waals surface area (Å²) >= 11 is 0. The molecule has 8 heteroatoms. The molecule has 7 rings (SSSR count). The lowest BCUT2D eigenvalue weighted by molar-refractivity contribution is -0.154. The van der Waals surface area contributed by atoms with Crippen LogP contribution in [0.5, 0.6) is 0 Å². The van der Waals surface area contributed by atoms with Gasteiger partial charge in [-0.1, -0.05) is 38.1 Å². The van der Waals surface area contributed by atoms with Gasteiger partial charge in [0.15, 0.2) is 0 Å². The standard InChI is InChI=1S/C34H39N5O3/c1-21-9-11-28(30(40)36-21)39-27-12-10-23(25-7-5-8-26(29(25)27)31(39)41)17-22-19-35-38(20-22)24-13-16-37(33(2,3)18-24)32(42)34(4)14-6-15-34/h5,7-8,10,12,19-20,24,28H,1,6,9,11,13-18H2,2-4H3,(H,36,40). The molecule has 0 bridgehead atoms. The van der Waals surface area contributed by atoms with Crippen LogP contribution in [0.2, 0.25) is 0 Å². The van der Waals surface area contributed by atoms with E-state index in [2.05, 4.69) is 60.6 Å². The Hall–Kier alpha value is -3.94. The molecule has 2 unspecified atom stereocenters. The van der Waals surface area contributed by atoms with Crippen LogP contribution < -0.4 is 10.2 Å². The maximum absolute atomic E-state index is 13.5. The first-order valence-electron chi connectivity index (χ1n) is 15.3. The molecule has 8 nitrogen and oxygen atoms in total. The maximum Gasteiger partial charge on any atom is 0.259 e. The number of piperidine rings is 2. The first-order valence-corrected chi connectivity index (χ1v) is 15.3. The van der Waals surface area contributed by atoms with Gasteiger partial charge in [-0.2, -0.15) is 5.10 Å². The van der Waals surface area contributed by atoms with Gasteiger partial charge in [0.1, 0.15) is 6.04 Å². The maximum atomic E-state index is 13.5. The monoisotopic (exact) mass is 565 g/mol. The molecule has 4 heterocycles. The minimum absolute atomic E-state index is 0.119. The van der Waals surface area contributed by atoms with Crippen molar-refractivity contribution in [2.75, 3.05) is 11.4 Å². The molecule has 218 valence electrons. The van der Waals surface area contributed by atoms with Crippen LogP contribution in [0.3, 0.4) is 0 Å². The number of nitrogens with one attached hydrogen (secondary N) is 1. The normalized spacial score (nSPS) is 24.6. The zero-order valence-corrected chi connectivity index (χ0v) is 24.8. The number of nitrogens with zero attached hydrogens (tertiary/aromatic N) is 4. The summed E-state index contributed by atoms with van der Waals surface area (Å²) in [7, 11) is 0. The topological polar surface area (TPSA) is 87.5 Å². The number of hydrogen-bond donors (Lipinski definition) is 1. The molecule has 3 fully saturated rings. The lowest BCUT2D eigenvalue weighted by Gasteiger charge is -2.50. The van der Waals surface area contributed by atoms with Gasteiger partial charge in [-0.25, -0.2) is 0 Å². The van der Waals surface area contributed by atoms with E-state index in [1.54, 1.807) is 4.90 Å². The van der Waals surface area contributed by atoms with Gasteiger partial charge >= 0.3 is 0 Å². The molecule has 1 N–H and O–H groups in total. The highest BCUT2D eigenvalue weighted by Gasteiger charge is 2.47. The lowest BCUT2D eigenvalue weighted by atomic mass is 9.68. The summed E-state index contributed by atoms with van der Waals surface area (Å²) < 4.78 is 2.09. The Labute approximate surface area is 246 Å². The molecule has 1 aromatic heterocycles. The third kappa shape index (κ3) is 4.17. The molecular formula is C34H39N5O3. The van der Waals surface area contributed by atoms with E-state index in [0.717, 1.165) is 66.2 Å². The Bertz CT molecular complexity index is 1650. The van der Waals surface area contributed by atoms with Gasteiger partial charge in [0.25, 0.3) is 5.91 Å². The van der Waals surface area contributed by atoms with Crippen LogP contribution in [0.4, 0.5) is 5.69 Å². The zero-order chi connectivity index (χ0) is 29.4. The first kappa shape index (κ1) is 26.9. The van der Waals surface area contributed by atoms with E-state index in [1.165, 1.54) is 0 Å². The largest absolute Gasteiger partial charge is 0.337 e. The lowest BCUT2D eigenvalue weighted by Crippen LogP contribution is -2.58. The van der Waals surface area contributed by atoms with E-state index in [0.29, 0.717) is 36.4 Å². The molecule has 2 saturated heterocycles. The number of benzene rings is 2. The second kappa shape index (κ2) is 9.54. The van der Waals surface area contributed by atoms with E-state index in [4.69, 9.17) is 5.10 Å². The number of rotatable bonds is 5. The Kier molecular flexibility index (Phi) is 6.12. The second-order valence-electron chi connectivity index (χ2n) is 13.6. The fourth-order valence-electron chi connectivity index (χ4n) is 7.65. The smallest absolute Gasteiger partial charge is 0.259 e. The van der Waals surface area contributed by atoms with Crippen molar-refractivity contribution >= 4 is 34.2 Å². The molecule has 1 aliphatic carbocycles. The van der Waals surface area contributed by atoms with E-state index < -0.39 is 6.04 Å².